The van der Waals surface area contributed by atoms with Crippen LogP contribution < -0.4 is 14.9 Å². The van der Waals surface area contributed by atoms with Crippen LogP contribution in [0.5, 0.6) is 5.75 Å². The fourth-order valence-electron chi connectivity index (χ4n) is 6.10. The largest absolute Gasteiger partial charge is 0.496 e. The maximum Gasteiger partial charge on any atom is 0.172 e. The maximum absolute atomic E-state index is 9.79. The smallest absolute Gasteiger partial charge is 0.172 e. The van der Waals surface area contributed by atoms with Gasteiger partial charge in [0, 0.05) is 29.4 Å². The number of unbranched alkanes of at least 4 members (excludes halogenated alkanes) is 10. The summed E-state index contributed by atoms with van der Waals surface area (Å²) in [5.74, 6) is 1.43. The van der Waals surface area contributed by atoms with E-state index in [-0.39, 0.29) is 12.0 Å². The van der Waals surface area contributed by atoms with Gasteiger partial charge < -0.3 is 14.7 Å². The molecule has 7 heteroatoms. The van der Waals surface area contributed by atoms with E-state index in [0.29, 0.717) is 5.75 Å². The first kappa shape index (κ1) is 35.0. The molecule has 6 nitrogen and oxygen atoms in total. The van der Waals surface area contributed by atoms with Gasteiger partial charge in [0.1, 0.15) is 5.75 Å². The molecule has 0 amide bonds. The van der Waals surface area contributed by atoms with Gasteiger partial charge in [-0.05, 0) is 59.7 Å². The number of fused-ring (bicyclic) bond motifs is 1. The van der Waals surface area contributed by atoms with Crippen LogP contribution in [-0.2, 0) is 12.0 Å². The van der Waals surface area contributed by atoms with E-state index in [1.54, 1.807) is 7.11 Å². The van der Waals surface area contributed by atoms with Gasteiger partial charge in [-0.2, -0.15) is 0 Å². The van der Waals surface area contributed by atoms with Gasteiger partial charge in [-0.1, -0.05) is 105 Å². The van der Waals surface area contributed by atoms with E-state index in [4.69, 9.17) is 9.84 Å². The molecule has 0 bridgehead atoms. The van der Waals surface area contributed by atoms with Crippen LogP contribution in [0.3, 0.4) is 0 Å². The number of thiophene rings is 1. The Kier molecular flexibility index (Phi) is 13.3. The van der Waals surface area contributed by atoms with Crippen LogP contribution in [0.4, 0.5) is 5.00 Å². The summed E-state index contributed by atoms with van der Waals surface area (Å²) in [5.41, 5.74) is 3.64. The Morgan fingerprint density at radius 3 is 2.11 bits per heavy atom. The Labute approximate surface area is 275 Å². The molecule has 0 aliphatic heterocycles. The summed E-state index contributed by atoms with van der Waals surface area (Å²) in [4.78, 5) is 3.88. The number of aromatic nitrogens is 3. The molecule has 45 heavy (non-hydrogen) atoms. The molecule has 1 N–H and O–H groups in total. The van der Waals surface area contributed by atoms with E-state index in [2.05, 4.69) is 73.4 Å². The van der Waals surface area contributed by atoms with E-state index in [1.807, 2.05) is 29.5 Å². The van der Waals surface area contributed by atoms with Gasteiger partial charge >= 0.3 is 0 Å². The Balaban J connectivity index is 1.64. The number of hydrogen-bond acceptors (Lipinski definition) is 6. The summed E-state index contributed by atoms with van der Waals surface area (Å²) >= 11 is 1.89. The third kappa shape index (κ3) is 9.32. The van der Waals surface area contributed by atoms with Gasteiger partial charge in [-0.3, -0.25) is 4.40 Å². The van der Waals surface area contributed by atoms with Gasteiger partial charge in [-0.25, -0.2) is 0 Å². The van der Waals surface area contributed by atoms with E-state index in [0.717, 1.165) is 40.9 Å². The molecule has 4 rings (SSSR count). The fraction of sp³-hybridized carbons (Fsp3) is 0.579. The first-order chi connectivity index (χ1) is 21.8. The summed E-state index contributed by atoms with van der Waals surface area (Å²) in [6.07, 6.45) is 20.4. The highest BCUT2D eigenvalue weighted by Gasteiger charge is 2.23. The number of ether oxygens (including phenoxy) is 1. The molecule has 0 saturated heterocycles. The van der Waals surface area contributed by atoms with Crippen molar-refractivity contribution in [2.45, 2.75) is 124 Å². The zero-order valence-electron chi connectivity index (χ0n) is 28.7. The van der Waals surface area contributed by atoms with Crippen LogP contribution in [0.15, 0.2) is 36.5 Å². The highest BCUT2D eigenvalue weighted by atomic mass is 32.1. The molecule has 1 aromatic carbocycles. The molecule has 0 fully saturated rings. The molecule has 0 unspecified atom stereocenters. The summed E-state index contributed by atoms with van der Waals surface area (Å²) in [6.45, 7) is 13.6. The molecular formula is C38H56N4O2S. The molecule has 0 radical (unpaired) electrons. The first-order valence-corrected chi connectivity index (χ1v) is 18.1. The van der Waals surface area contributed by atoms with Gasteiger partial charge in [0.25, 0.3) is 0 Å². The minimum absolute atomic E-state index is 0.0400. The van der Waals surface area contributed by atoms with Gasteiger partial charge in [0.15, 0.2) is 11.5 Å². The second kappa shape index (κ2) is 17.1. The van der Waals surface area contributed by atoms with Crippen molar-refractivity contribution in [1.82, 2.24) is 14.6 Å². The zero-order chi connectivity index (χ0) is 32.2. The maximum atomic E-state index is 9.79. The number of methoxy groups -OCH3 is 1. The molecule has 3 heterocycles. The average molecular weight is 633 g/mol. The molecule has 4 aromatic rings. The normalized spacial score (nSPS) is 12.5. The first-order valence-electron chi connectivity index (χ1n) is 17.3. The van der Waals surface area contributed by atoms with E-state index < -0.39 is 0 Å². The van der Waals surface area contributed by atoms with Crippen molar-refractivity contribution < 1.29 is 9.84 Å². The Morgan fingerprint density at radius 2 is 1.51 bits per heavy atom. The van der Waals surface area contributed by atoms with Crippen LogP contribution in [0.1, 0.15) is 128 Å². The summed E-state index contributed by atoms with van der Waals surface area (Å²) in [6, 6.07) is 10.3. The summed E-state index contributed by atoms with van der Waals surface area (Å²) in [7, 11) is 1.66. The standard InChI is InChI=1S/C38H56N4O2S/c1-7-9-11-13-15-17-23-41(24-18-16-14-12-10-8-2)35-22-20-30(45-35)26-31-33(38(3,4)5)27-42-36(31)39-40-37(42)32-25-29(28-43)19-21-34(32)44-6/h19-22,25-27,43H,7-18,23-24,28H2,1-6H3/b31-26-. The van der Waals surface area contributed by atoms with Gasteiger partial charge in [-0.15, -0.1) is 21.5 Å². The van der Waals surface area contributed by atoms with Gasteiger partial charge in [0.2, 0.25) is 0 Å². The number of nitrogens with zero attached hydrogens (tertiary/aromatic N) is 4. The SMILES string of the molecule is CCCCCCCCN(CCCCCCCC)c1ccc(/C=c2/c(C(C)(C)C)cn3c(-c4cc(CO)ccc4OC)nnc23)s1. The van der Waals surface area contributed by atoms with E-state index in [9.17, 15) is 5.11 Å². The van der Waals surface area contributed by atoms with Crippen molar-refractivity contribution in [2.24, 2.45) is 0 Å². The second-order valence-electron chi connectivity index (χ2n) is 13.5. The lowest BCUT2D eigenvalue weighted by atomic mass is 9.88. The van der Waals surface area contributed by atoms with Crippen LogP contribution in [0.25, 0.3) is 23.1 Å². The molecule has 0 atom stereocenters. The zero-order valence-corrected chi connectivity index (χ0v) is 29.5. The molecule has 0 spiro atoms. The topological polar surface area (TPSA) is 62.9 Å². The van der Waals surface area contributed by atoms with E-state index >= 15 is 0 Å². The monoisotopic (exact) mass is 632 g/mol. The Morgan fingerprint density at radius 1 is 0.867 bits per heavy atom. The van der Waals surface area contributed by atoms with Crippen molar-refractivity contribution in [2.75, 3.05) is 25.1 Å². The van der Waals surface area contributed by atoms with Crippen LogP contribution in [0, 0.1) is 0 Å². The molecule has 246 valence electrons. The highest BCUT2D eigenvalue weighted by molar-refractivity contribution is 7.16. The third-order valence-electron chi connectivity index (χ3n) is 8.75. The molecule has 3 aromatic heterocycles. The number of anilines is 1. The van der Waals surface area contributed by atoms with Crippen molar-refractivity contribution in [3.05, 3.63) is 57.8 Å². The quantitative estimate of drug-likeness (QED) is 0.104. The molecule has 0 saturated carbocycles. The number of hydrogen-bond donors (Lipinski definition) is 1. The number of benzene rings is 1. The van der Waals surface area contributed by atoms with Crippen molar-refractivity contribution >= 4 is 28.1 Å². The molecular weight excluding hydrogens is 577 g/mol. The Bertz CT molecular complexity index is 1500. The lowest BCUT2D eigenvalue weighted by Gasteiger charge is -2.23. The molecule has 0 aliphatic rings. The van der Waals surface area contributed by atoms with Crippen molar-refractivity contribution in [3.8, 4) is 17.1 Å². The lowest BCUT2D eigenvalue weighted by molar-refractivity contribution is 0.281. The predicted octanol–water partition coefficient (Wildman–Crippen LogP) is 9.33. The Hall–Kier alpha value is -2.90. The van der Waals surface area contributed by atoms with Crippen molar-refractivity contribution in [3.63, 3.8) is 0 Å². The third-order valence-corrected chi connectivity index (χ3v) is 9.85. The summed E-state index contributed by atoms with van der Waals surface area (Å²) in [5, 5.41) is 21.6. The number of rotatable bonds is 19. The lowest BCUT2D eigenvalue weighted by Crippen LogP contribution is -2.24. The molecule has 0 aliphatic carbocycles. The highest BCUT2D eigenvalue weighted by Crippen LogP contribution is 2.32. The van der Waals surface area contributed by atoms with Crippen LogP contribution in [0.2, 0.25) is 0 Å². The summed E-state index contributed by atoms with van der Waals surface area (Å²) < 4.78 is 7.76. The van der Waals surface area contributed by atoms with E-state index in [1.165, 1.54) is 92.5 Å². The minimum atomic E-state index is -0.0808. The number of aliphatic hydroxyl groups is 1. The average Bonchev–Trinajstić information content (AvgIpc) is 3.76. The fourth-order valence-corrected chi connectivity index (χ4v) is 7.10. The van der Waals surface area contributed by atoms with Crippen LogP contribution in [-0.4, -0.2) is 39.9 Å². The van der Waals surface area contributed by atoms with Gasteiger partial charge in [0.05, 0.1) is 24.3 Å². The number of aliphatic hydroxyl groups excluding tert-OH is 1. The van der Waals surface area contributed by atoms with Crippen LogP contribution >= 0.6 is 11.3 Å². The van der Waals surface area contributed by atoms with Crippen molar-refractivity contribution in [1.29, 1.82) is 0 Å². The predicted molar refractivity (Wildman–Crippen MR) is 192 cm³/mol. The minimum Gasteiger partial charge on any atom is -0.496 e. The second-order valence-corrected chi connectivity index (χ2v) is 14.6.